The van der Waals surface area contributed by atoms with Crippen LogP contribution in [0.5, 0.6) is 0 Å². The summed E-state index contributed by atoms with van der Waals surface area (Å²) in [6, 6.07) is 16.9. The fourth-order valence-electron chi connectivity index (χ4n) is 3.60. The molecule has 3 aromatic rings. The highest BCUT2D eigenvalue weighted by Gasteiger charge is 2.15. The zero-order valence-corrected chi connectivity index (χ0v) is 19.6. The predicted octanol–water partition coefficient (Wildman–Crippen LogP) is 5.68. The summed E-state index contributed by atoms with van der Waals surface area (Å²) in [5.41, 5.74) is 11.1. The van der Waals surface area contributed by atoms with Crippen LogP contribution >= 0.6 is 9.21 Å². The van der Waals surface area contributed by atoms with Crippen molar-refractivity contribution in [1.82, 2.24) is 9.88 Å². The maximum atomic E-state index is 5.78. The number of hydrogen-bond donors (Lipinski definition) is 2. The maximum Gasteiger partial charge on any atom is 0.0669 e. The van der Waals surface area contributed by atoms with Crippen molar-refractivity contribution in [2.75, 3.05) is 19.5 Å². The number of fused-ring (bicyclic) bond motifs is 1. The maximum absolute atomic E-state index is 5.78. The molecule has 0 aliphatic carbocycles. The molecule has 2 aromatic carbocycles. The van der Waals surface area contributed by atoms with Crippen LogP contribution in [0.15, 0.2) is 66.3 Å². The highest BCUT2D eigenvalue weighted by Crippen LogP contribution is 2.38. The van der Waals surface area contributed by atoms with Gasteiger partial charge in [0.2, 0.25) is 0 Å². The third kappa shape index (κ3) is 6.04. The van der Waals surface area contributed by atoms with E-state index in [-0.39, 0.29) is 0 Å². The Morgan fingerprint density at radius 2 is 1.73 bits per heavy atom. The fourth-order valence-corrected chi connectivity index (χ4v) is 5.68. The Kier molecular flexibility index (Phi) is 8.82. The highest BCUT2D eigenvalue weighted by atomic mass is 32.2. The van der Waals surface area contributed by atoms with Gasteiger partial charge in [0.15, 0.2) is 0 Å². The second-order valence-electron chi connectivity index (χ2n) is 7.81. The molecule has 0 aliphatic rings. The molecular formula is C26H37N3S. The second kappa shape index (κ2) is 11.1. The average molecular weight is 424 g/mol. The van der Waals surface area contributed by atoms with E-state index in [2.05, 4.69) is 79.6 Å². The standard InChI is InChI=1S/C16H23N3S.C10H14/c1-5-19(2)12-20(3,4)16-14(10-11-17)13-8-6-7-9-15(13)18-16;1-3-6-10-8-5-4-7-9(10)2/h5-9,18H,1,3-4,10-12,17H2,2H3;4-5,7-8H,3,6H2,1-2H3. The van der Waals surface area contributed by atoms with Crippen molar-refractivity contribution in [2.24, 2.45) is 5.73 Å². The summed E-state index contributed by atoms with van der Waals surface area (Å²) in [5.74, 6) is 9.53. The van der Waals surface area contributed by atoms with Gasteiger partial charge in [-0.3, -0.25) is 0 Å². The van der Waals surface area contributed by atoms with Gasteiger partial charge in [0.05, 0.1) is 10.9 Å². The first-order valence-electron chi connectivity index (χ1n) is 10.5. The van der Waals surface area contributed by atoms with Gasteiger partial charge in [-0.1, -0.05) is 74.1 Å². The molecule has 0 aliphatic heterocycles. The van der Waals surface area contributed by atoms with Crippen molar-refractivity contribution in [2.45, 2.75) is 38.1 Å². The average Bonchev–Trinajstić information content (AvgIpc) is 3.10. The lowest BCUT2D eigenvalue weighted by Gasteiger charge is -2.22. The number of nitrogens with zero attached hydrogens (tertiary/aromatic N) is 1. The van der Waals surface area contributed by atoms with Crippen LogP contribution in [0.25, 0.3) is 10.9 Å². The number of aromatic amines is 1. The summed E-state index contributed by atoms with van der Waals surface area (Å²) in [6.07, 6.45) is 5.11. The Hall–Kier alpha value is -2.43. The molecular weight excluding hydrogens is 386 g/mol. The van der Waals surface area contributed by atoms with Gasteiger partial charge in [0, 0.05) is 18.0 Å². The molecule has 0 saturated heterocycles. The van der Waals surface area contributed by atoms with Crippen LogP contribution in [0.4, 0.5) is 0 Å². The smallest absolute Gasteiger partial charge is 0.0669 e. The third-order valence-corrected chi connectivity index (χ3v) is 7.26. The first-order valence-corrected chi connectivity index (χ1v) is 12.6. The highest BCUT2D eigenvalue weighted by molar-refractivity contribution is 8.27. The Morgan fingerprint density at radius 1 is 1.07 bits per heavy atom. The summed E-state index contributed by atoms with van der Waals surface area (Å²) < 4.78 is 0. The van der Waals surface area contributed by atoms with Crippen LogP contribution < -0.4 is 5.73 Å². The van der Waals surface area contributed by atoms with Crippen molar-refractivity contribution >= 4 is 31.8 Å². The third-order valence-electron chi connectivity index (χ3n) is 5.14. The van der Waals surface area contributed by atoms with E-state index in [1.165, 1.54) is 34.9 Å². The number of aromatic nitrogens is 1. The lowest BCUT2D eigenvalue weighted by molar-refractivity contribution is 0.542. The SMILES string of the molecule is C=CN(C)CS(=C)(=C)c1[nH]c2ccccc2c1CCN.CCCc1ccccc1C. The minimum atomic E-state index is -1.44. The molecule has 0 saturated carbocycles. The number of hydrogen-bond acceptors (Lipinski definition) is 2. The molecule has 0 radical (unpaired) electrons. The molecule has 0 bridgehead atoms. The summed E-state index contributed by atoms with van der Waals surface area (Å²) in [4.78, 5) is 5.55. The van der Waals surface area contributed by atoms with Crippen LogP contribution in [0.1, 0.15) is 30.0 Å². The van der Waals surface area contributed by atoms with Crippen LogP contribution in [0.3, 0.4) is 0 Å². The van der Waals surface area contributed by atoms with E-state index in [4.69, 9.17) is 5.73 Å². The van der Waals surface area contributed by atoms with Gasteiger partial charge in [-0.15, -0.1) is 0 Å². The first kappa shape index (κ1) is 23.8. The normalized spacial score (nSPS) is 11.1. The lowest BCUT2D eigenvalue weighted by atomic mass is 10.1. The second-order valence-corrected chi connectivity index (χ2v) is 10.6. The van der Waals surface area contributed by atoms with Crippen LogP contribution in [-0.2, 0) is 12.8 Å². The molecule has 4 heteroatoms. The Labute approximate surface area is 183 Å². The van der Waals surface area contributed by atoms with E-state index in [1.807, 2.05) is 24.2 Å². The van der Waals surface area contributed by atoms with E-state index in [9.17, 15) is 0 Å². The molecule has 1 heterocycles. The molecule has 30 heavy (non-hydrogen) atoms. The van der Waals surface area contributed by atoms with Gasteiger partial charge in [0.1, 0.15) is 0 Å². The van der Waals surface area contributed by atoms with Gasteiger partial charge in [-0.05, 0) is 55.3 Å². The van der Waals surface area contributed by atoms with Crippen molar-refractivity contribution < 1.29 is 0 Å². The van der Waals surface area contributed by atoms with Crippen molar-refractivity contribution in [3.8, 4) is 0 Å². The van der Waals surface area contributed by atoms with Crippen LogP contribution in [0, 0.1) is 6.92 Å². The summed E-state index contributed by atoms with van der Waals surface area (Å²) in [5, 5.41) is 2.39. The molecule has 0 fully saturated rings. The molecule has 0 unspecified atom stereocenters. The largest absolute Gasteiger partial charge is 0.372 e. The molecule has 0 spiro atoms. The number of benzene rings is 2. The summed E-state index contributed by atoms with van der Waals surface area (Å²) in [6.45, 7) is 8.81. The van der Waals surface area contributed by atoms with Crippen LogP contribution in [-0.4, -0.2) is 41.1 Å². The topological polar surface area (TPSA) is 45.0 Å². The molecule has 0 amide bonds. The summed E-state index contributed by atoms with van der Waals surface area (Å²) >= 11 is 0. The number of para-hydroxylation sites is 1. The van der Waals surface area contributed by atoms with Gasteiger partial charge < -0.3 is 15.6 Å². The van der Waals surface area contributed by atoms with E-state index >= 15 is 0 Å². The van der Waals surface area contributed by atoms with Crippen molar-refractivity contribution in [1.29, 1.82) is 0 Å². The molecule has 3 nitrogen and oxygen atoms in total. The Bertz CT molecular complexity index is 1060. The monoisotopic (exact) mass is 423 g/mol. The van der Waals surface area contributed by atoms with Gasteiger partial charge in [0.25, 0.3) is 0 Å². The van der Waals surface area contributed by atoms with Crippen LogP contribution in [0.2, 0.25) is 0 Å². The zero-order valence-electron chi connectivity index (χ0n) is 18.8. The molecule has 3 rings (SSSR count). The number of H-pyrrole nitrogens is 1. The molecule has 3 N–H and O–H groups in total. The van der Waals surface area contributed by atoms with Gasteiger partial charge in [-0.2, -0.15) is 9.21 Å². The number of nitrogens with two attached hydrogens (primary N) is 1. The van der Waals surface area contributed by atoms with Gasteiger partial charge >= 0.3 is 0 Å². The van der Waals surface area contributed by atoms with E-state index in [0.717, 1.165) is 22.8 Å². The fraction of sp³-hybridized carbons (Fsp3) is 0.308. The zero-order chi connectivity index (χ0) is 22.1. The number of nitrogens with one attached hydrogen (secondary N) is 1. The van der Waals surface area contributed by atoms with E-state index in [1.54, 1.807) is 0 Å². The van der Waals surface area contributed by atoms with E-state index in [0.29, 0.717) is 6.54 Å². The number of aryl methyl sites for hydroxylation is 2. The minimum absolute atomic E-state index is 0.627. The quantitative estimate of drug-likeness (QED) is 0.458. The molecule has 162 valence electrons. The Balaban J connectivity index is 0.000000269. The lowest BCUT2D eigenvalue weighted by Crippen LogP contribution is -2.13. The number of rotatable bonds is 8. The predicted molar refractivity (Wildman–Crippen MR) is 139 cm³/mol. The minimum Gasteiger partial charge on any atom is -0.372 e. The van der Waals surface area contributed by atoms with E-state index < -0.39 is 9.21 Å². The molecule has 1 aromatic heterocycles. The van der Waals surface area contributed by atoms with Gasteiger partial charge in [-0.25, -0.2) is 0 Å². The van der Waals surface area contributed by atoms with Crippen molar-refractivity contribution in [3.63, 3.8) is 0 Å². The first-order chi connectivity index (χ1) is 14.3. The Morgan fingerprint density at radius 3 is 2.37 bits per heavy atom. The molecule has 0 atom stereocenters. The van der Waals surface area contributed by atoms with Crippen molar-refractivity contribution in [3.05, 3.63) is 78.0 Å². The summed E-state index contributed by atoms with van der Waals surface area (Å²) in [7, 11) is 0.554.